The number of alkyl halides is 3. The first-order valence-corrected chi connectivity index (χ1v) is 11.0. The van der Waals surface area contributed by atoms with Gasteiger partial charge in [0.05, 0.1) is 11.8 Å². The lowest BCUT2D eigenvalue weighted by molar-refractivity contribution is -0.142. The molecule has 178 valence electrons. The summed E-state index contributed by atoms with van der Waals surface area (Å²) in [6, 6.07) is 20.7. The van der Waals surface area contributed by atoms with Crippen molar-refractivity contribution in [3.63, 3.8) is 0 Å². The van der Waals surface area contributed by atoms with E-state index in [2.05, 4.69) is 10.2 Å². The van der Waals surface area contributed by atoms with Crippen LogP contribution in [0.25, 0.3) is 10.8 Å². The summed E-state index contributed by atoms with van der Waals surface area (Å²) in [6.45, 7) is 1.05. The van der Waals surface area contributed by atoms with E-state index in [0.29, 0.717) is 17.7 Å². The van der Waals surface area contributed by atoms with Crippen LogP contribution >= 0.6 is 0 Å². The molecule has 6 nitrogen and oxygen atoms in total. The van der Waals surface area contributed by atoms with Gasteiger partial charge in [0.2, 0.25) is 0 Å². The average molecular weight is 478 g/mol. The summed E-state index contributed by atoms with van der Waals surface area (Å²) < 4.78 is 40.3. The Kier molecular flexibility index (Phi) is 5.55. The third kappa shape index (κ3) is 4.37. The number of rotatable bonds is 4. The number of carbonyl (C=O) groups excluding carboxylic acids is 1. The van der Waals surface area contributed by atoms with Crippen LogP contribution in [0.1, 0.15) is 35.0 Å². The standard InChI is InChI=1S/C26H21F3N4O2/c1-16-12-24(26(27,28)29)31-32(16)15-25(35)33-22(20-8-4-5-9-23(20)34)14-21(30-33)19-11-10-17-6-2-3-7-18(17)13-19/h2-13,22,34H,14-15H2,1H3/t22-/m0/s1. The molecule has 1 aliphatic heterocycles. The summed E-state index contributed by atoms with van der Waals surface area (Å²) in [4.78, 5) is 13.3. The third-order valence-electron chi connectivity index (χ3n) is 6.10. The molecule has 0 spiro atoms. The Labute approximate surface area is 198 Å². The summed E-state index contributed by atoms with van der Waals surface area (Å²) in [6.07, 6.45) is -4.26. The maximum absolute atomic E-state index is 13.3. The number of aryl methyl sites for hydroxylation is 1. The number of aromatic nitrogens is 2. The Bertz CT molecular complexity index is 1460. The van der Waals surface area contributed by atoms with Crippen molar-refractivity contribution in [2.24, 2.45) is 5.10 Å². The summed E-state index contributed by atoms with van der Waals surface area (Å²) in [7, 11) is 0. The van der Waals surface area contributed by atoms with Crippen molar-refractivity contribution >= 4 is 22.4 Å². The van der Waals surface area contributed by atoms with Gasteiger partial charge in [-0.05, 0) is 41.5 Å². The minimum absolute atomic E-state index is 0.0138. The van der Waals surface area contributed by atoms with Crippen molar-refractivity contribution < 1.29 is 23.1 Å². The molecule has 1 aliphatic rings. The number of phenolic OH excluding ortho intramolecular Hbond substituents is 1. The zero-order valence-corrected chi connectivity index (χ0v) is 18.7. The second kappa shape index (κ2) is 8.57. The van der Waals surface area contributed by atoms with Gasteiger partial charge >= 0.3 is 6.18 Å². The highest BCUT2D eigenvalue weighted by molar-refractivity contribution is 6.05. The lowest BCUT2D eigenvalue weighted by Crippen LogP contribution is -2.31. The second-order valence-corrected chi connectivity index (χ2v) is 8.45. The predicted molar refractivity (Wildman–Crippen MR) is 125 cm³/mol. The number of fused-ring (bicyclic) bond motifs is 1. The number of halogens is 3. The van der Waals surface area contributed by atoms with E-state index in [1.807, 2.05) is 42.5 Å². The van der Waals surface area contributed by atoms with Crippen LogP contribution in [-0.4, -0.2) is 31.5 Å². The van der Waals surface area contributed by atoms with Crippen molar-refractivity contribution in [2.75, 3.05) is 0 Å². The van der Waals surface area contributed by atoms with Crippen molar-refractivity contribution in [2.45, 2.75) is 32.1 Å². The van der Waals surface area contributed by atoms with Gasteiger partial charge in [-0.3, -0.25) is 9.48 Å². The maximum atomic E-state index is 13.3. The minimum Gasteiger partial charge on any atom is -0.508 e. The van der Waals surface area contributed by atoms with Crippen LogP contribution in [0.3, 0.4) is 0 Å². The van der Waals surface area contributed by atoms with Gasteiger partial charge in [-0.1, -0.05) is 54.6 Å². The molecule has 0 aliphatic carbocycles. The Hall–Kier alpha value is -4.14. The first-order chi connectivity index (χ1) is 16.7. The van der Waals surface area contributed by atoms with E-state index in [1.165, 1.54) is 18.0 Å². The number of amides is 1. The first-order valence-electron chi connectivity index (χ1n) is 11.0. The maximum Gasteiger partial charge on any atom is 0.435 e. The molecule has 9 heteroatoms. The van der Waals surface area contributed by atoms with E-state index < -0.39 is 30.4 Å². The average Bonchev–Trinajstić information content (AvgIpc) is 3.43. The molecular weight excluding hydrogens is 457 g/mol. The highest BCUT2D eigenvalue weighted by Crippen LogP contribution is 2.37. The highest BCUT2D eigenvalue weighted by Gasteiger charge is 2.37. The van der Waals surface area contributed by atoms with Crippen LogP contribution < -0.4 is 0 Å². The normalized spacial score (nSPS) is 16.1. The van der Waals surface area contributed by atoms with Gasteiger partial charge < -0.3 is 5.11 Å². The van der Waals surface area contributed by atoms with Crippen molar-refractivity contribution in [1.29, 1.82) is 0 Å². The van der Waals surface area contributed by atoms with Crippen LogP contribution in [0.15, 0.2) is 77.9 Å². The molecule has 0 bridgehead atoms. The lowest BCUT2D eigenvalue weighted by Gasteiger charge is -2.23. The van der Waals surface area contributed by atoms with Crippen LogP contribution in [0, 0.1) is 6.92 Å². The zero-order chi connectivity index (χ0) is 24.7. The number of para-hydroxylation sites is 1. The number of carbonyl (C=O) groups is 1. The number of aromatic hydroxyl groups is 1. The molecule has 5 rings (SSSR count). The topological polar surface area (TPSA) is 70.7 Å². The predicted octanol–water partition coefficient (Wildman–Crippen LogP) is 5.45. The summed E-state index contributed by atoms with van der Waals surface area (Å²) in [5.74, 6) is -0.520. The Balaban J connectivity index is 1.50. The van der Waals surface area contributed by atoms with Crippen molar-refractivity contribution in [3.05, 3.63) is 95.3 Å². The fourth-order valence-corrected chi connectivity index (χ4v) is 4.30. The van der Waals surface area contributed by atoms with Gasteiger partial charge in [-0.2, -0.15) is 23.4 Å². The summed E-state index contributed by atoms with van der Waals surface area (Å²) in [5.41, 5.74) is 1.14. The van der Waals surface area contributed by atoms with E-state index >= 15 is 0 Å². The van der Waals surface area contributed by atoms with E-state index in [-0.39, 0.29) is 11.4 Å². The lowest BCUT2D eigenvalue weighted by atomic mass is 9.96. The number of phenols is 1. The van der Waals surface area contributed by atoms with Gasteiger partial charge in [0, 0.05) is 17.7 Å². The van der Waals surface area contributed by atoms with Crippen LogP contribution in [0.4, 0.5) is 13.2 Å². The fraction of sp³-hybridized carbons (Fsp3) is 0.192. The third-order valence-corrected chi connectivity index (χ3v) is 6.10. The molecule has 1 N–H and O–H groups in total. The monoisotopic (exact) mass is 478 g/mol. The van der Waals surface area contributed by atoms with Gasteiger partial charge in [0.1, 0.15) is 12.3 Å². The van der Waals surface area contributed by atoms with Gasteiger partial charge in [-0.15, -0.1) is 0 Å². The van der Waals surface area contributed by atoms with Crippen molar-refractivity contribution in [1.82, 2.24) is 14.8 Å². The second-order valence-electron chi connectivity index (χ2n) is 8.45. The molecule has 1 aromatic heterocycles. The van der Waals surface area contributed by atoms with E-state index in [0.717, 1.165) is 27.1 Å². The number of nitrogens with zero attached hydrogens (tertiary/aromatic N) is 4. The Morgan fingerprint density at radius 3 is 2.46 bits per heavy atom. The van der Waals surface area contributed by atoms with E-state index in [4.69, 9.17) is 0 Å². The first kappa shape index (κ1) is 22.6. The Morgan fingerprint density at radius 1 is 1.03 bits per heavy atom. The summed E-state index contributed by atoms with van der Waals surface area (Å²) in [5, 5.41) is 21.9. The van der Waals surface area contributed by atoms with E-state index in [9.17, 15) is 23.1 Å². The van der Waals surface area contributed by atoms with Gasteiger partial charge in [0.15, 0.2) is 5.69 Å². The van der Waals surface area contributed by atoms with Gasteiger partial charge in [-0.25, -0.2) is 5.01 Å². The Morgan fingerprint density at radius 2 is 1.74 bits per heavy atom. The molecule has 35 heavy (non-hydrogen) atoms. The fourth-order valence-electron chi connectivity index (χ4n) is 4.30. The molecule has 4 aromatic rings. The van der Waals surface area contributed by atoms with Crippen LogP contribution in [0.5, 0.6) is 5.75 Å². The largest absolute Gasteiger partial charge is 0.508 e. The highest BCUT2D eigenvalue weighted by atomic mass is 19.4. The van der Waals surface area contributed by atoms with E-state index in [1.54, 1.807) is 18.2 Å². The summed E-state index contributed by atoms with van der Waals surface area (Å²) >= 11 is 0. The van der Waals surface area contributed by atoms with Crippen LogP contribution in [0.2, 0.25) is 0 Å². The number of benzene rings is 3. The zero-order valence-electron chi connectivity index (χ0n) is 18.7. The van der Waals surface area contributed by atoms with Crippen molar-refractivity contribution in [3.8, 4) is 5.75 Å². The minimum atomic E-state index is -4.60. The molecule has 0 unspecified atom stereocenters. The smallest absolute Gasteiger partial charge is 0.435 e. The number of hydrogen-bond donors (Lipinski definition) is 1. The SMILES string of the molecule is Cc1cc(C(F)(F)F)nn1CC(=O)N1N=C(c2ccc3ccccc3c2)C[C@H]1c1ccccc1O. The quantitative estimate of drug-likeness (QED) is 0.424. The molecule has 0 saturated heterocycles. The number of hydrazone groups is 1. The van der Waals surface area contributed by atoms with Gasteiger partial charge in [0.25, 0.3) is 5.91 Å². The molecule has 0 radical (unpaired) electrons. The molecule has 1 atom stereocenters. The number of hydrogen-bond acceptors (Lipinski definition) is 4. The molecule has 0 saturated carbocycles. The molecule has 3 aromatic carbocycles. The molecule has 2 heterocycles. The van der Waals surface area contributed by atoms with Crippen LogP contribution in [-0.2, 0) is 17.5 Å². The molecule has 1 amide bonds. The molecule has 0 fully saturated rings. The molecular formula is C26H21F3N4O2.